The molecule has 52 heavy (non-hydrogen) atoms. The van der Waals surface area contributed by atoms with Crippen molar-refractivity contribution in [3.8, 4) is 0 Å². The van der Waals surface area contributed by atoms with Crippen LogP contribution in [0, 0.1) is 46.8 Å². The van der Waals surface area contributed by atoms with Crippen molar-refractivity contribution in [2.45, 2.75) is 165 Å². The highest BCUT2D eigenvalue weighted by atomic mass is 16.7. The van der Waals surface area contributed by atoms with Gasteiger partial charge in [0, 0.05) is 49.2 Å². The molecular weight excluding hydrogens is 674 g/mol. The molecule has 294 valence electrons. The minimum atomic E-state index is -2.09. The predicted octanol–water partition coefficient (Wildman–Crippen LogP) is 2.07. The van der Waals surface area contributed by atoms with Gasteiger partial charge in [-0.2, -0.15) is 0 Å². The highest BCUT2D eigenvalue weighted by Crippen LogP contribution is 2.77. The molecule has 7 fully saturated rings. The molecule has 1 spiro atoms. The Kier molecular flexibility index (Phi) is 9.10. The van der Waals surface area contributed by atoms with E-state index in [-0.39, 0.29) is 25.3 Å². The zero-order valence-electron chi connectivity index (χ0n) is 32.0. The molecule has 18 atom stereocenters. The Balaban J connectivity index is 1.40. The third kappa shape index (κ3) is 5.01. The molecule has 0 radical (unpaired) electrons. The molecule has 7 aliphatic rings. The molecule has 7 rings (SSSR count). The summed E-state index contributed by atoms with van der Waals surface area (Å²) in [5.41, 5.74) is -7.69. The highest BCUT2D eigenvalue weighted by molar-refractivity contribution is 5.79. The first-order chi connectivity index (χ1) is 24.1. The molecular formula is C39H61NO12. The highest BCUT2D eigenvalue weighted by Gasteiger charge is 2.87. The number of nitrogens with zero attached hydrogens (tertiary/aromatic N) is 1. The first-order valence-corrected chi connectivity index (χ1v) is 19.7. The van der Waals surface area contributed by atoms with E-state index in [0.29, 0.717) is 38.1 Å². The van der Waals surface area contributed by atoms with E-state index in [2.05, 4.69) is 11.8 Å². The smallest absolute Gasteiger partial charge is 0.338 e. The summed E-state index contributed by atoms with van der Waals surface area (Å²) in [4.78, 5) is 42.2. The Morgan fingerprint density at radius 3 is 2.37 bits per heavy atom. The van der Waals surface area contributed by atoms with E-state index in [9.17, 15) is 39.9 Å². The van der Waals surface area contributed by atoms with Crippen LogP contribution in [0.2, 0.25) is 0 Å². The first-order valence-electron chi connectivity index (χ1n) is 19.7. The maximum atomic E-state index is 13.9. The molecule has 18 unspecified atom stereocenters. The van der Waals surface area contributed by atoms with Gasteiger partial charge in [-0.3, -0.25) is 14.5 Å². The van der Waals surface area contributed by atoms with Gasteiger partial charge < -0.3 is 44.5 Å². The van der Waals surface area contributed by atoms with Gasteiger partial charge in [-0.25, -0.2) is 4.79 Å². The van der Waals surface area contributed by atoms with Crippen molar-refractivity contribution < 1.29 is 58.9 Å². The van der Waals surface area contributed by atoms with E-state index in [1.54, 1.807) is 20.8 Å². The Bertz CT molecular complexity index is 1470. The number of esters is 3. The van der Waals surface area contributed by atoms with E-state index < -0.39 is 111 Å². The Morgan fingerprint density at radius 2 is 1.73 bits per heavy atom. The second-order valence-corrected chi connectivity index (χ2v) is 18.6. The van der Waals surface area contributed by atoms with E-state index >= 15 is 0 Å². The van der Waals surface area contributed by atoms with E-state index in [0.717, 1.165) is 13.0 Å². The van der Waals surface area contributed by atoms with Crippen molar-refractivity contribution in [3.05, 3.63) is 0 Å². The first kappa shape index (κ1) is 38.4. The Hall–Kier alpha value is -1.87. The van der Waals surface area contributed by atoms with Crippen molar-refractivity contribution in [2.24, 2.45) is 46.8 Å². The van der Waals surface area contributed by atoms with Crippen LogP contribution in [0.15, 0.2) is 0 Å². The van der Waals surface area contributed by atoms with Gasteiger partial charge in [0.15, 0.2) is 17.8 Å². The standard InChI is InChI=1S/C39H61NO12/c1-9-20(4)32(43)50-27-13-14-34(6)25-15-24(42)30-37(34,52-39(25,27)48)16-23-22-18-40-17-19(3)11-12-26(40)36(8,46)28(22)29(49-21(5)41)31(38(23,30)47)51-33(44)35(7,45)10-2/h19-20,22-31,42,45-48H,9-18H2,1-8H3. The number of aliphatic hydroxyl groups excluding tert-OH is 1. The predicted molar refractivity (Wildman–Crippen MR) is 184 cm³/mol. The SMILES string of the molecule is CCC(C)C(=O)OC1CCC2(C)C3CC(O)C4C5(O)C(CC42OC13O)C1CN2CC(C)CCC2C(C)(O)C1C(OC(C)=O)C5OC(=O)C(C)(O)CC. The van der Waals surface area contributed by atoms with Crippen LogP contribution < -0.4 is 0 Å². The maximum absolute atomic E-state index is 13.9. The number of piperidine rings is 2. The van der Waals surface area contributed by atoms with Crippen LogP contribution in [0.25, 0.3) is 0 Å². The molecule has 5 N–H and O–H groups in total. The lowest BCUT2D eigenvalue weighted by Gasteiger charge is -2.64. The normalized spacial score (nSPS) is 52.2. The molecule has 3 saturated heterocycles. The largest absolute Gasteiger partial charge is 0.458 e. The lowest BCUT2D eigenvalue weighted by atomic mass is 9.49. The van der Waals surface area contributed by atoms with Crippen molar-refractivity contribution in [3.63, 3.8) is 0 Å². The summed E-state index contributed by atoms with van der Waals surface area (Å²) < 4.78 is 25.2. The van der Waals surface area contributed by atoms with Gasteiger partial charge in [0.25, 0.3) is 0 Å². The van der Waals surface area contributed by atoms with Gasteiger partial charge >= 0.3 is 17.9 Å². The van der Waals surface area contributed by atoms with Gasteiger partial charge in [-0.15, -0.1) is 0 Å². The number of carbonyl (C=O) groups is 3. The van der Waals surface area contributed by atoms with Crippen LogP contribution >= 0.6 is 0 Å². The lowest BCUT2D eigenvalue weighted by Crippen LogP contribution is -2.77. The minimum absolute atomic E-state index is 0.000271. The van der Waals surface area contributed by atoms with Gasteiger partial charge in [-0.1, -0.05) is 34.6 Å². The summed E-state index contributed by atoms with van der Waals surface area (Å²) in [5, 5.41) is 62.3. The average Bonchev–Trinajstić information content (AvgIpc) is 3.35. The average molecular weight is 736 g/mol. The number of hydrogen-bond acceptors (Lipinski definition) is 13. The van der Waals surface area contributed by atoms with E-state index in [4.69, 9.17) is 18.9 Å². The number of carbonyl (C=O) groups excluding carboxylic acids is 3. The second kappa shape index (κ2) is 12.3. The quantitative estimate of drug-likeness (QED) is 0.189. The van der Waals surface area contributed by atoms with Gasteiger partial charge in [0.1, 0.15) is 11.7 Å². The van der Waals surface area contributed by atoms with E-state index in [1.165, 1.54) is 13.8 Å². The van der Waals surface area contributed by atoms with Crippen LogP contribution in [-0.4, -0.2) is 120 Å². The number of fused-ring (bicyclic) bond motifs is 5. The number of hydrogen-bond donors (Lipinski definition) is 5. The molecule has 0 aromatic carbocycles. The summed E-state index contributed by atoms with van der Waals surface area (Å²) in [6, 6.07) is -0.290. The topological polar surface area (TPSA) is 193 Å². The zero-order valence-corrected chi connectivity index (χ0v) is 32.0. The molecule has 0 amide bonds. The monoisotopic (exact) mass is 735 g/mol. The van der Waals surface area contributed by atoms with Crippen molar-refractivity contribution in [1.82, 2.24) is 4.90 Å². The molecule has 3 heterocycles. The number of rotatable bonds is 7. The fourth-order valence-corrected chi connectivity index (χ4v) is 12.8. The number of aliphatic hydroxyl groups is 5. The van der Waals surface area contributed by atoms with Crippen molar-refractivity contribution in [1.29, 1.82) is 0 Å². The van der Waals surface area contributed by atoms with Crippen LogP contribution in [0.3, 0.4) is 0 Å². The second-order valence-electron chi connectivity index (χ2n) is 18.6. The molecule has 3 aliphatic heterocycles. The zero-order chi connectivity index (χ0) is 38.1. The van der Waals surface area contributed by atoms with Gasteiger partial charge in [-0.05, 0) is 83.0 Å². The summed E-state index contributed by atoms with van der Waals surface area (Å²) >= 11 is 0. The molecule has 0 aromatic heterocycles. The molecule has 4 aliphatic carbocycles. The van der Waals surface area contributed by atoms with Crippen LogP contribution in [0.4, 0.5) is 0 Å². The molecule has 0 aromatic rings. The van der Waals surface area contributed by atoms with Crippen LogP contribution in [0.1, 0.15) is 107 Å². The summed E-state index contributed by atoms with van der Waals surface area (Å²) in [6.07, 6.45) is -2.14. The lowest BCUT2D eigenvalue weighted by molar-refractivity contribution is -0.302. The third-order valence-electron chi connectivity index (χ3n) is 15.7. The molecule has 4 saturated carbocycles. The molecule has 13 nitrogen and oxygen atoms in total. The molecule has 4 bridgehead atoms. The Labute approximate surface area is 306 Å². The summed E-state index contributed by atoms with van der Waals surface area (Å²) in [7, 11) is 0. The Morgan fingerprint density at radius 1 is 1.04 bits per heavy atom. The minimum Gasteiger partial charge on any atom is -0.458 e. The van der Waals surface area contributed by atoms with Gasteiger partial charge in [0.05, 0.1) is 23.2 Å². The van der Waals surface area contributed by atoms with Crippen LogP contribution in [0.5, 0.6) is 0 Å². The fourth-order valence-electron chi connectivity index (χ4n) is 12.8. The van der Waals surface area contributed by atoms with Crippen molar-refractivity contribution >= 4 is 17.9 Å². The number of ether oxygens (including phenoxy) is 4. The van der Waals surface area contributed by atoms with Crippen LogP contribution in [-0.2, 0) is 33.3 Å². The summed E-state index contributed by atoms with van der Waals surface area (Å²) in [5.74, 6) is -8.02. The van der Waals surface area contributed by atoms with Crippen molar-refractivity contribution in [2.75, 3.05) is 13.1 Å². The van der Waals surface area contributed by atoms with E-state index in [1.807, 2.05) is 13.8 Å². The summed E-state index contributed by atoms with van der Waals surface area (Å²) in [6.45, 7) is 14.9. The maximum Gasteiger partial charge on any atom is 0.338 e. The third-order valence-corrected chi connectivity index (χ3v) is 15.7. The fraction of sp³-hybridized carbons (Fsp3) is 0.923. The van der Waals surface area contributed by atoms with Gasteiger partial charge in [0.2, 0.25) is 5.79 Å². The molecule has 13 heteroatoms.